The second-order valence-corrected chi connectivity index (χ2v) is 6.94. The van der Waals surface area contributed by atoms with Crippen LogP contribution in [-0.2, 0) is 9.84 Å². The Morgan fingerprint density at radius 3 is 2.31 bits per heavy atom. The Balaban J connectivity index is 3.05. The Morgan fingerprint density at radius 1 is 1.38 bits per heavy atom. The molecular weight excluding hydrogens is 224 g/mol. The van der Waals surface area contributed by atoms with Crippen molar-refractivity contribution < 1.29 is 8.42 Å². The van der Waals surface area contributed by atoms with E-state index in [2.05, 4.69) is 18.7 Å². The van der Waals surface area contributed by atoms with Crippen LogP contribution in [0.5, 0.6) is 0 Å². The third kappa shape index (κ3) is 2.57. The van der Waals surface area contributed by atoms with Crippen molar-refractivity contribution in [1.82, 2.24) is 4.90 Å². The summed E-state index contributed by atoms with van der Waals surface area (Å²) in [6.45, 7) is 7.77. The van der Waals surface area contributed by atoms with E-state index in [1.54, 1.807) is 0 Å². The molecule has 0 spiro atoms. The zero-order valence-electron chi connectivity index (χ0n) is 10.6. The van der Waals surface area contributed by atoms with Gasteiger partial charge in [0.1, 0.15) is 0 Å². The molecule has 1 aliphatic heterocycles. The van der Waals surface area contributed by atoms with Crippen molar-refractivity contribution in [2.45, 2.75) is 45.2 Å². The van der Waals surface area contributed by atoms with Crippen LogP contribution in [0.3, 0.4) is 0 Å². The molecule has 1 heterocycles. The van der Waals surface area contributed by atoms with Crippen molar-refractivity contribution in [3.63, 3.8) is 0 Å². The standard InChI is InChI=1S/C11H24N2O2S/c1-4-13(5-2)11(10(3)12)7-6-8-16(14,15)9-11/h10H,4-9,12H2,1-3H3. The van der Waals surface area contributed by atoms with Crippen LogP contribution in [0.2, 0.25) is 0 Å². The molecule has 5 heteroatoms. The summed E-state index contributed by atoms with van der Waals surface area (Å²) in [7, 11) is -2.92. The van der Waals surface area contributed by atoms with Crippen LogP contribution in [0.15, 0.2) is 0 Å². The van der Waals surface area contributed by atoms with Crippen LogP contribution < -0.4 is 5.73 Å². The minimum atomic E-state index is -2.92. The molecule has 0 aromatic carbocycles. The van der Waals surface area contributed by atoms with Crippen molar-refractivity contribution >= 4 is 9.84 Å². The van der Waals surface area contributed by atoms with Crippen molar-refractivity contribution in [1.29, 1.82) is 0 Å². The van der Waals surface area contributed by atoms with E-state index in [9.17, 15) is 8.42 Å². The maximum absolute atomic E-state index is 11.8. The summed E-state index contributed by atoms with van der Waals surface area (Å²) in [5, 5.41) is 0. The van der Waals surface area contributed by atoms with E-state index in [0.29, 0.717) is 5.75 Å². The normalized spacial score (nSPS) is 31.6. The van der Waals surface area contributed by atoms with Crippen LogP contribution in [-0.4, -0.2) is 49.5 Å². The molecule has 0 amide bonds. The van der Waals surface area contributed by atoms with Crippen LogP contribution in [0, 0.1) is 0 Å². The number of likely N-dealkylation sites (N-methyl/N-ethyl adjacent to an activating group) is 1. The van der Waals surface area contributed by atoms with E-state index >= 15 is 0 Å². The lowest BCUT2D eigenvalue weighted by atomic mass is 9.86. The minimum Gasteiger partial charge on any atom is -0.326 e. The van der Waals surface area contributed by atoms with E-state index in [4.69, 9.17) is 5.73 Å². The molecule has 2 unspecified atom stereocenters. The van der Waals surface area contributed by atoms with Gasteiger partial charge < -0.3 is 5.73 Å². The molecule has 96 valence electrons. The molecule has 0 saturated carbocycles. The smallest absolute Gasteiger partial charge is 0.152 e. The van der Waals surface area contributed by atoms with E-state index < -0.39 is 9.84 Å². The number of sulfone groups is 1. The fourth-order valence-electron chi connectivity index (χ4n) is 2.87. The van der Waals surface area contributed by atoms with E-state index in [1.165, 1.54) is 0 Å². The quantitative estimate of drug-likeness (QED) is 0.792. The first kappa shape index (κ1) is 13.9. The topological polar surface area (TPSA) is 63.4 Å². The molecule has 1 rings (SSSR count). The molecule has 1 saturated heterocycles. The number of nitrogens with two attached hydrogens (primary N) is 1. The van der Waals surface area contributed by atoms with Gasteiger partial charge >= 0.3 is 0 Å². The Morgan fingerprint density at radius 2 is 1.94 bits per heavy atom. The predicted molar refractivity (Wildman–Crippen MR) is 67.2 cm³/mol. The summed E-state index contributed by atoms with van der Waals surface area (Å²) in [6, 6.07) is -0.109. The summed E-state index contributed by atoms with van der Waals surface area (Å²) in [4.78, 5) is 2.22. The van der Waals surface area contributed by atoms with E-state index in [0.717, 1.165) is 25.9 Å². The summed E-state index contributed by atoms with van der Waals surface area (Å²) < 4.78 is 23.6. The van der Waals surface area contributed by atoms with Gasteiger partial charge in [0, 0.05) is 11.6 Å². The highest BCUT2D eigenvalue weighted by Crippen LogP contribution is 2.31. The Hall–Kier alpha value is -0.130. The molecule has 16 heavy (non-hydrogen) atoms. The van der Waals surface area contributed by atoms with Crippen molar-refractivity contribution in [3.05, 3.63) is 0 Å². The predicted octanol–water partition coefficient (Wildman–Crippen LogP) is 0.623. The number of hydrogen-bond donors (Lipinski definition) is 1. The molecule has 0 aromatic rings. The monoisotopic (exact) mass is 248 g/mol. The average Bonchev–Trinajstić information content (AvgIpc) is 2.17. The highest BCUT2D eigenvalue weighted by Gasteiger charge is 2.45. The third-order valence-electron chi connectivity index (χ3n) is 3.78. The maximum Gasteiger partial charge on any atom is 0.152 e. The first-order valence-corrected chi connectivity index (χ1v) is 7.91. The zero-order chi connectivity index (χ0) is 12.4. The SMILES string of the molecule is CCN(CC)C1(C(C)N)CCCS(=O)(=O)C1. The largest absolute Gasteiger partial charge is 0.326 e. The first-order valence-electron chi connectivity index (χ1n) is 6.09. The molecule has 4 nitrogen and oxygen atoms in total. The fraction of sp³-hybridized carbons (Fsp3) is 1.00. The van der Waals surface area contributed by atoms with Gasteiger partial charge in [0.15, 0.2) is 9.84 Å². The maximum atomic E-state index is 11.8. The molecule has 0 bridgehead atoms. The summed E-state index contributed by atoms with van der Waals surface area (Å²) >= 11 is 0. The van der Waals surface area contributed by atoms with Crippen LogP contribution in [0.1, 0.15) is 33.6 Å². The highest BCUT2D eigenvalue weighted by molar-refractivity contribution is 7.91. The van der Waals surface area contributed by atoms with Gasteiger partial charge in [0.25, 0.3) is 0 Å². The first-order chi connectivity index (χ1) is 7.38. The lowest BCUT2D eigenvalue weighted by Gasteiger charge is -2.48. The van der Waals surface area contributed by atoms with Gasteiger partial charge in [0.2, 0.25) is 0 Å². The Bertz CT molecular complexity index is 323. The molecule has 1 fully saturated rings. The van der Waals surface area contributed by atoms with Gasteiger partial charge in [-0.15, -0.1) is 0 Å². The van der Waals surface area contributed by atoms with E-state index in [1.807, 2.05) is 6.92 Å². The van der Waals surface area contributed by atoms with Gasteiger partial charge in [-0.3, -0.25) is 4.90 Å². The van der Waals surface area contributed by atoms with Gasteiger partial charge in [0.05, 0.1) is 11.5 Å². The second-order valence-electron chi connectivity index (χ2n) is 4.76. The summed E-state index contributed by atoms with van der Waals surface area (Å²) in [6.07, 6.45) is 1.63. The summed E-state index contributed by atoms with van der Waals surface area (Å²) in [5.41, 5.74) is 5.72. The molecule has 0 aliphatic carbocycles. The van der Waals surface area contributed by atoms with Crippen LogP contribution in [0.25, 0.3) is 0 Å². The lowest BCUT2D eigenvalue weighted by Crippen LogP contribution is -2.64. The molecule has 0 radical (unpaired) electrons. The number of rotatable bonds is 4. The minimum absolute atomic E-state index is 0.109. The highest BCUT2D eigenvalue weighted by atomic mass is 32.2. The van der Waals surface area contributed by atoms with Crippen molar-refractivity contribution in [3.8, 4) is 0 Å². The van der Waals surface area contributed by atoms with Gasteiger partial charge in [-0.05, 0) is 32.9 Å². The third-order valence-corrected chi connectivity index (χ3v) is 5.63. The van der Waals surface area contributed by atoms with Gasteiger partial charge in [-0.25, -0.2) is 8.42 Å². The van der Waals surface area contributed by atoms with Gasteiger partial charge in [-0.2, -0.15) is 0 Å². The van der Waals surface area contributed by atoms with Crippen molar-refractivity contribution in [2.75, 3.05) is 24.6 Å². The fourth-order valence-corrected chi connectivity index (χ4v) is 4.95. The zero-order valence-corrected chi connectivity index (χ0v) is 11.4. The lowest BCUT2D eigenvalue weighted by molar-refractivity contribution is 0.0841. The number of hydrogen-bond acceptors (Lipinski definition) is 4. The van der Waals surface area contributed by atoms with Crippen LogP contribution in [0.4, 0.5) is 0 Å². The molecule has 0 aromatic heterocycles. The Kier molecular flexibility index (Phi) is 4.37. The van der Waals surface area contributed by atoms with Crippen molar-refractivity contribution in [2.24, 2.45) is 5.73 Å². The molecule has 1 aliphatic rings. The second kappa shape index (κ2) is 5.02. The molecule has 2 N–H and O–H groups in total. The molecular formula is C11H24N2O2S. The Labute approximate surface area is 99.1 Å². The average molecular weight is 248 g/mol. The summed E-state index contributed by atoms with van der Waals surface area (Å²) in [5.74, 6) is 0.544. The molecule has 2 atom stereocenters. The number of nitrogens with zero attached hydrogens (tertiary/aromatic N) is 1. The van der Waals surface area contributed by atoms with Gasteiger partial charge in [-0.1, -0.05) is 13.8 Å². The van der Waals surface area contributed by atoms with E-state index in [-0.39, 0.29) is 17.3 Å². The van der Waals surface area contributed by atoms with Crippen LogP contribution >= 0.6 is 0 Å².